The van der Waals surface area contributed by atoms with E-state index in [-0.39, 0.29) is 24.3 Å². The van der Waals surface area contributed by atoms with Crippen LogP contribution >= 0.6 is 0 Å². The molecule has 2 atom stereocenters. The Bertz CT molecular complexity index is 1270. The predicted molar refractivity (Wildman–Crippen MR) is 137 cm³/mol. The fraction of sp³-hybridized carbons (Fsp3) is 0.464. The summed E-state index contributed by atoms with van der Waals surface area (Å²) >= 11 is 0. The Morgan fingerprint density at radius 2 is 1.95 bits per heavy atom. The minimum Gasteiger partial charge on any atom is -0.481 e. The molecule has 1 aliphatic heterocycles. The van der Waals surface area contributed by atoms with Crippen LogP contribution in [0.15, 0.2) is 46.9 Å². The zero-order valence-electron chi connectivity index (χ0n) is 20.9. The Morgan fingerprint density at radius 1 is 1.16 bits per heavy atom. The van der Waals surface area contributed by atoms with Crippen molar-refractivity contribution in [3.63, 3.8) is 0 Å². The number of hydrogen-bond acceptors (Lipinski definition) is 7. The van der Waals surface area contributed by atoms with Crippen molar-refractivity contribution in [3.8, 4) is 0 Å². The number of aromatic nitrogens is 1. The first-order valence-electron chi connectivity index (χ1n) is 13.0. The lowest BCUT2D eigenvalue weighted by atomic mass is 9.87. The molecule has 1 amide bonds. The highest BCUT2D eigenvalue weighted by atomic mass is 16.6. The van der Waals surface area contributed by atoms with Gasteiger partial charge in [-0.2, -0.15) is 4.98 Å². The van der Waals surface area contributed by atoms with Crippen LogP contribution in [-0.2, 0) is 20.7 Å². The second kappa shape index (κ2) is 10.9. The maximum absolute atomic E-state index is 13.2. The fourth-order valence-electron chi connectivity index (χ4n) is 5.37. The molecule has 1 aromatic heterocycles. The molecule has 5 rings (SSSR count). The van der Waals surface area contributed by atoms with E-state index in [1.165, 1.54) is 0 Å². The highest BCUT2D eigenvalue weighted by Crippen LogP contribution is 2.30. The zero-order valence-corrected chi connectivity index (χ0v) is 20.9. The standard InChI is InChI=1S/C28H33N3O6/c1-17-5-2-3-6-21(17)29-28-30-22-13-8-18(15-24(22)37-28)16-25(32)31-14-4-7-23(31)27(35)36-20-11-9-19(10-12-20)26(33)34/h2-3,5-6,8,13,15,19-20,23,27,35H,4,7,9-12,14,16H2,1H3,(H,29,30)(H,33,34)/t19-,20-,23-,27?/m0/s1. The Labute approximate surface area is 215 Å². The number of anilines is 2. The monoisotopic (exact) mass is 507 g/mol. The average molecular weight is 508 g/mol. The normalized spacial score (nSPS) is 22.8. The van der Waals surface area contributed by atoms with Crippen LogP contribution < -0.4 is 5.32 Å². The Kier molecular flexibility index (Phi) is 7.43. The van der Waals surface area contributed by atoms with Crippen LogP contribution in [0.5, 0.6) is 0 Å². The number of nitrogens with zero attached hydrogens (tertiary/aromatic N) is 2. The summed E-state index contributed by atoms with van der Waals surface area (Å²) in [6, 6.07) is 13.4. The number of rotatable bonds is 8. The molecule has 0 bridgehead atoms. The Morgan fingerprint density at radius 3 is 2.70 bits per heavy atom. The van der Waals surface area contributed by atoms with Crippen molar-refractivity contribution in [3.05, 3.63) is 53.6 Å². The van der Waals surface area contributed by atoms with Gasteiger partial charge in [0.25, 0.3) is 6.01 Å². The number of ether oxygens (including phenoxy) is 1. The van der Waals surface area contributed by atoms with Crippen LogP contribution in [-0.4, -0.2) is 57.0 Å². The number of fused-ring (bicyclic) bond motifs is 1. The van der Waals surface area contributed by atoms with Crippen molar-refractivity contribution in [2.45, 2.75) is 70.3 Å². The number of oxazole rings is 1. The van der Waals surface area contributed by atoms with E-state index < -0.39 is 18.3 Å². The van der Waals surface area contributed by atoms with Crippen molar-refractivity contribution in [1.82, 2.24) is 9.88 Å². The van der Waals surface area contributed by atoms with Crippen LogP contribution in [0, 0.1) is 12.8 Å². The van der Waals surface area contributed by atoms with Gasteiger partial charge in [-0.15, -0.1) is 0 Å². The number of carboxylic acid groups (broad SMARTS) is 1. The first-order chi connectivity index (χ1) is 17.9. The minimum absolute atomic E-state index is 0.0724. The molecule has 37 heavy (non-hydrogen) atoms. The molecule has 2 aromatic carbocycles. The molecule has 2 fully saturated rings. The summed E-state index contributed by atoms with van der Waals surface area (Å²) in [6.45, 7) is 2.58. The topological polar surface area (TPSA) is 125 Å². The number of aliphatic carboxylic acids is 1. The van der Waals surface area contributed by atoms with Gasteiger partial charge in [-0.1, -0.05) is 24.3 Å². The van der Waals surface area contributed by atoms with Crippen molar-refractivity contribution < 1.29 is 29.0 Å². The Balaban J connectivity index is 1.20. The maximum Gasteiger partial charge on any atom is 0.306 e. The molecular weight excluding hydrogens is 474 g/mol. The molecule has 3 N–H and O–H groups in total. The van der Waals surface area contributed by atoms with E-state index in [0.717, 1.165) is 23.2 Å². The lowest BCUT2D eigenvalue weighted by Gasteiger charge is -2.33. The number of carboxylic acids is 1. The number of para-hydroxylation sites is 1. The molecule has 9 heteroatoms. The molecule has 3 aromatic rings. The number of hydrogen-bond donors (Lipinski definition) is 3. The van der Waals surface area contributed by atoms with Crippen molar-refractivity contribution in [2.75, 3.05) is 11.9 Å². The van der Waals surface area contributed by atoms with Gasteiger partial charge in [0.2, 0.25) is 5.91 Å². The smallest absolute Gasteiger partial charge is 0.306 e. The van der Waals surface area contributed by atoms with Crippen LogP contribution in [0.2, 0.25) is 0 Å². The van der Waals surface area contributed by atoms with E-state index in [0.29, 0.717) is 55.8 Å². The van der Waals surface area contributed by atoms with E-state index in [2.05, 4.69) is 10.3 Å². The molecule has 2 heterocycles. The summed E-state index contributed by atoms with van der Waals surface area (Å²) in [6.07, 6.45) is 2.70. The second-order valence-electron chi connectivity index (χ2n) is 10.1. The SMILES string of the molecule is Cc1ccccc1Nc1nc2ccc(CC(=O)N3CCC[C@H]3C(O)O[C@H]3CC[C@H](C(=O)O)CC3)cc2o1. The minimum atomic E-state index is -1.08. The van der Waals surface area contributed by atoms with E-state index in [4.69, 9.17) is 9.15 Å². The summed E-state index contributed by atoms with van der Waals surface area (Å²) in [4.78, 5) is 30.6. The largest absolute Gasteiger partial charge is 0.481 e. The molecule has 0 radical (unpaired) electrons. The van der Waals surface area contributed by atoms with Crippen LogP contribution in [0.4, 0.5) is 11.7 Å². The maximum atomic E-state index is 13.2. The second-order valence-corrected chi connectivity index (χ2v) is 10.1. The van der Waals surface area contributed by atoms with Crippen LogP contribution in [0.1, 0.15) is 49.7 Å². The molecule has 0 spiro atoms. The van der Waals surface area contributed by atoms with Crippen LogP contribution in [0.25, 0.3) is 11.1 Å². The molecule has 1 aliphatic carbocycles. The summed E-state index contributed by atoms with van der Waals surface area (Å²) in [7, 11) is 0. The molecular formula is C28H33N3O6. The third kappa shape index (κ3) is 5.78. The van der Waals surface area contributed by atoms with E-state index >= 15 is 0 Å². The number of likely N-dealkylation sites (tertiary alicyclic amines) is 1. The lowest BCUT2D eigenvalue weighted by molar-refractivity contribution is -0.181. The van der Waals surface area contributed by atoms with Gasteiger partial charge < -0.3 is 29.6 Å². The number of amides is 1. The highest BCUT2D eigenvalue weighted by Gasteiger charge is 2.36. The number of aliphatic hydroxyl groups excluding tert-OH is 1. The lowest BCUT2D eigenvalue weighted by Crippen LogP contribution is -2.46. The first kappa shape index (κ1) is 25.2. The van der Waals surface area contributed by atoms with Crippen molar-refractivity contribution in [2.24, 2.45) is 5.92 Å². The van der Waals surface area contributed by atoms with Gasteiger partial charge in [-0.3, -0.25) is 9.59 Å². The number of aliphatic hydroxyl groups is 1. The quantitative estimate of drug-likeness (QED) is 0.383. The van der Waals surface area contributed by atoms with Gasteiger partial charge in [0, 0.05) is 12.2 Å². The van der Waals surface area contributed by atoms with Crippen molar-refractivity contribution >= 4 is 34.7 Å². The summed E-state index contributed by atoms with van der Waals surface area (Å²) in [5.41, 5.74) is 4.10. The zero-order chi connectivity index (χ0) is 25.9. The van der Waals surface area contributed by atoms with Gasteiger partial charge in [0.1, 0.15) is 5.52 Å². The Hall–Kier alpha value is -3.43. The molecule has 9 nitrogen and oxygen atoms in total. The third-order valence-corrected chi connectivity index (χ3v) is 7.50. The third-order valence-electron chi connectivity index (χ3n) is 7.50. The fourth-order valence-corrected chi connectivity index (χ4v) is 5.37. The average Bonchev–Trinajstić information content (AvgIpc) is 3.53. The summed E-state index contributed by atoms with van der Waals surface area (Å²) in [5, 5.41) is 23.2. The van der Waals surface area contributed by atoms with Gasteiger partial charge >= 0.3 is 5.97 Å². The van der Waals surface area contributed by atoms with Crippen LogP contribution in [0.3, 0.4) is 0 Å². The van der Waals surface area contributed by atoms with E-state index in [1.807, 2.05) is 49.4 Å². The molecule has 196 valence electrons. The van der Waals surface area contributed by atoms with Gasteiger partial charge in [-0.25, -0.2) is 0 Å². The molecule has 1 saturated carbocycles. The molecule has 1 saturated heterocycles. The number of carbonyl (C=O) groups excluding carboxylic acids is 1. The van der Waals surface area contributed by atoms with E-state index in [9.17, 15) is 19.8 Å². The van der Waals surface area contributed by atoms with E-state index in [1.54, 1.807) is 4.90 Å². The van der Waals surface area contributed by atoms with Gasteiger partial charge in [0.05, 0.1) is 24.5 Å². The first-order valence-corrected chi connectivity index (χ1v) is 13.0. The summed E-state index contributed by atoms with van der Waals surface area (Å²) in [5.74, 6) is -1.18. The number of aryl methyl sites for hydroxylation is 1. The van der Waals surface area contributed by atoms with Gasteiger partial charge in [-0.05, 0) is 74.8 Å². The highest BCUT2D eigenvalue weighted by molar-refractivity contribution is 5.82. The number of nitrogens with one attached hydrogen (secondary N) is 1. The number of benzene rings is 2. The number of carbonyl (C=O) groups is 2. The predicted octanol–water partition coefficient (Wildman–Crippen LogP) is 4.39. The molecule has 1 unspecified atom stereocenters. The van der Waals surface area contributed by atoms with Crippen molar-refractivity contribution in [1.29, 1.82) is 0 Å². The van der Waals surface area contributed by atoms with Gasteiger partial charge in [0.15, 0.2) is 11.9 Å². The summed E-state index contributed by atoms with van der Waals surface area (Å²) < 4.78 is 11.8. The molecule has 2 aliphatic rings.